The molecule has 1 heterocycles. The number of likely N-dealkylation sites (tertiary alicyclic amines) is 1. The van der Waals surface area contributed by atoms with Crippen LogP contribution in [0.5, 0.6) is 0 Å². The molecule has 78 valence electrons. The van der Waals surface area contributed by atoms with Crippen molar-refractivity contribution in [1.29, 1.82) is 5.26 Å². The molecule has 1 aliphatic heterocycles. The Labute approximate surface area is 82.6 Å². The topological polar surface area (TPSA) is 84.6 Å². The zero-order valence-corrected chi connectivity index (χ0v) is 8.05. The van der Waals surface area contributed by atoms with Gasteiger partial charge in [0.2, 0.25) is 0 Å². The lowest BCUT2D eigenvalue weighted by atomic mass is 10.1. The van der Waals surface area contributed by atoms with Gasteiger partial charge >= 0.3 is 5.97 Å². The molecule has 0 radical (unpaired) electrons. The van der Waals surface area contributed by atoms with Crippen molar-refractivity contribution in [2.75, 3.05) is 6.54 Å². The number of β-amino-alcohol motifs (C(OH)–C–C–N with tert-alkyl or cyclic N) is 1. The zero-order valence-electron chi connectivity index (χ0n) is 8.05. The molecule has 1 rings (SSSR count). The minimum absolute atomic E-state index is 0.216. The van der Waals surface area contributed by atoms with Gasteiger partial charge in [-0.2, -0.15) is 5.26 Å². The SMILES string of the molecule is CCC(C#N)N1CC(O)CC1C(=O)O. The third-order valence-corrected chi connectivity index (χ3v) is 2.54. The molecule has 0 aromatic heterocycles. The van der Waals surface area contributed by atoms with Gasteiger partial charge in [-0.1, -0.05) is 6.92 Å². The maximum atomic E-state index is 10.8. The number of carboxylic acids is 1. The summed E-state index contributed by atoms with van der Waals surface area (Å²) in [4.78, 5) is 12.4. The molecule has 3 unspecified atom stereocenters. The van der Waals surface area contributed by atoms with Gasteiger partial charge in [-0.3, -0.25) is 9.69 Å². The first-order chi connectivity index (χ1) is 6.60. The number of rotatable bonds is 3. The molecule has 0 spiro atoms. The molecule has 0 amide bonds. The van der Waals surface area contributed by atoms with Gasteiger partial charge in [-0.15, -0.1) is 0 Å². The quantitative estimate of drug-likeness (QED) is 0.656. The molecule has 1 fully saturated rings. The highest BCUT2D eigenvalue weighted by Gasteiger charge is 2.39. The second-order valence-corrected chi connectivity index (χ2v) is 3.49. The Balaban J connectivity index is 2.76. The van der Waals surface area contributed by atoms with E-state index in [0.717, 1.165) is 0 Å². The van der Waals surface area contributed by atoms with Gasteiger partial charge in [0.25, 0.3) is 0 Å². The van der Waals surface area contributed by atoms with Crippen molar-refractivity contribution < 1.29 is 15.0 Å². The van der Waals surface area contributed by atoms with Gasteiger partial charge in [0, 0.05) is 13.0 Å². The molecule has 14 heavy (non-hydrogen) atoms. The summed E-state index contributed by atoms with van der Waals surface area (Å²) in [6.45, 7) is 2.11. The number of nitriles is 1. The average Bonchev–Trinajstić information content (AvgIpc) is 2.50. The highest BCUT2D eigenvalue weighted by atomic mass is 16.4. The number of carboxylic acid groups (broad SMARTS) is 1. The molecule has 5 nitrogen and oxygen atoms in total. The van der Waals surface area contributed by atoms with Crippen LogP contribution < -0.4 is 0 Å². The smallest absolute Gasteiger partial charge is 0.321 e. The number of aliphatic hydroxyl groups is 1. The van der Waals surface area contributed by atoms with Crippen LogP contribution in [0.25, 0.3) is 0 Å². The van der Waals surface area contributed by atoms with Crippen LogP contribution in [0.2, 0.25) is 0 Å². The highest BCUT2D eigenvalue weighted by Crippen LogP contribution is 2.21. The lowest BCUT2D eigenvalue weighted by molar-refractivity contribution is -0.142. The fraction of sp³-hybridized carbons (Fsp3) is 0.778. The van der Waals surface area contributed by atoms with Crippen molar-refractivity contribution in [3.8, 4) is 6.07 Å². The summed E-state index contributed by atoms with van der Waals surface area (Å²) >= 11 is 0. The van der Waals surface area contributed by atoms with E-state index in [9.17, 15) is 9.90 Å². The Morgan fingerprint density at radius 2 is 2.43 bits per heavy atom. The van der Waals surface area contributed by atoms with Crippen molar-refractivity contribution in [2.24, 2.45) is 0 Å². The first-order valence-electron chi connectivity index (χ1n) is 4.66. The third-order valence-electron chi connectivity index (χ3n) is 2.54. The summed E-state index contributed by atoms with van der Waals surface area (Å²) in [7, 11) is 0. The first-order valence-corrected chi connectivity index (χ1v) is 4.66. The lowest BCUT2D eigenvalue weighted by Gasteiger charge is -2.24. The minimum Gasteiger partial charge on any atom is -0.480 e. The molecule has 1 saturated heterocycles. The van der Waals surface area contributed by atoms with E-state index < -0.39 is 24.2 Å². The number of carbonyl (C=O) groups is 1. The van der Waals surface area contributed by atoms with Crippen LogP contribution >= 0.6 is 0 Å². The summed E-state index contributed by atoms with van der Waals surface area (Å²) in [6, 6.07) is 0.928. The van der Waals surface area contributed by atoms with Crippen molar-refractivity contribution in [3.63, 3.8) is 0 Å². The maximum absolute atomic E-state index is 10.8. The monoisotopic (exact) mass is 198 g/mol. The number of aliphatic carboxylic acids is 1. The predicted octanol–water partition coefficient (Wildman–Crippen LogP) is -0.192. The molecular formula is C9H14N2O3. The van der Waals surface area contributed by atoms with Gasteiger partial charge < -0.3 is 10.2 Å². The molecule has 0 aromatic rings. The summed E-state index contributed by atoms with van der Waals surface area (Å²) in [5.41, 5.74) is 0. The van der Waals surface area contributed by atoms with E-state index in [1.807, 2.05) is 6.92 Å². The number of aliphatic hydroxyl groups excluding tert-OH is 1. The molecule has 0 aliphatic carbocycles. The van der Waals surface area contributed by atoms with E-state index in [1.165, 1.54) is 0 Å². The largest absolute Gasteiger partial charge is 0.480 e. The molecule has 5 heteroatoms. The third kappa shape index (κ3) is 2.03. The molecule has 1 aliphatic rings. The second kappa shape index (κ2) is 4.40. The van der Waals surface area contributed by atoms with Crippen LogP contribution in [0.15, 0.2) is 0 Å². The number of nitrogens with zero attached hydrogens (tertiary/aromatic N) is 2. The molecule has 3 atom stereocenters. The summed E-state index contributed by atoms with van der Waals surface area (Å²) in [5, 5.41) is 27.0. The van der Waals surface area contributed by atoms with Gasteiger partial charge in [-0.25, -0.2) is 0 Å². The Morgan fingerprint density at radius 3 is 2.86 bits per heavy atom. The van der Waals surface area contributed by atoms with Gasteiger partial charge in [0.1, 0.15) is 6.04 Å². The normalized spacial score (nSPS) is 29.8. The van der Waals surface area contributed by atoms with Crippen molar-refractivity contribution >= 4 is 5.97 Å². The summed E-state index contributed by atoms with van der Waals surface area (Å²) in [6.07, 6.45) is 0.166. The summed E-state index contributed by atoms with van der Waals surface area (Å²) < 4.78 is 0. The van der Waals surface area contributed by atoms with E-state index in [2.05, 4.69) is 6.07 Å². The van der Waals surface area contributed by atoms with E-state index >= 15 is 0 Å². The first kappa shape index (κ1) is 11.0. The van der Waals surface area contributed by atoms with Crippen molar-refractivity contribution in [3.05, 3.63) is 0 Å². The highest BCUT2D eigenvalue weighted by molar-refractivity contribution is 5.74. The molecule has 2 N–H and O–H groups in total. The van der Waals surface area contributed by atoms with Crippen molar-refractivity contribution in [1.82, 2.24) is 4.90 Å². The Bertz CT molecular complexity index is 261. The molecular weight excluding hydrogens is 184 g/mol. The van der Waals surface area contributed by atoms with Crippen LogP contribution in [0.4, 0.5) is 0 Å². The molecule has 0 saturated carbocycles. The Kier molecular flexibility index (Phi) is 3.44. The fourth-order valence-corrected chi connectivity index (χ4v) is 1.83. The van der Waals surface area contributed by atoms with E-state index in [1.54, 1.807) is 4.90 Å². The van der Waals surface area contributed by atoms with Crippen molar-refractivity contribution in [2.45, 2.75) is 38.0 Å². The van der Waals surface area contributed by atoms with Gasteiger partial charge in [0.15, 0.2) is 0 Å². The lowest BCUT2D eigenvalue weighted by Crippen LogP contribution is -2.42. The van der Waals surface area contributed by atoms with Crippen LogP contribution in [0.3, 0.4) is 0 Å². The fourth-order valence-electron chi connectivity index (χ4n) is 1.83. The standard InChI is InChI=1S/C9H14N2O3/c1-2-6(4-10)11-5-7(12)3-8(11)9(13)14/h6-8,12H,2-3,5H2,1H3,(H,13,14). The minimum atomic E-state index is -0.963. The van der Waals surface area contributed by atoms with Crippen LogP contribution in [-0.4, -0.2) is 45.8 Å². The predicted molar refractivity (Wildman–Crippen MR) is 48.4 cm³/mol. The van der Waals surface area contributed by atoms with E-state index in [4.69, 9.17) is 10.4 Å². The van der Waals surface area contributed by atoms with Crippen LogP contribution in [-0.2, 0) is 4.79 Å². The average molecular weight is 198 g/mol. The molecule has 0 aromatic carbocycles. The second-order valence-electron chi connectivity index (χ2n) is 3.49. The van der Waals surface area contributed by atoms with E-state index in [-0.39, 0.29) is 13.0 Å². The maximum Gasteiger partial charge on any atom is 0.321 e. The number of hydrogen-bond donors (Lipinski definition) is 2. The van der Waals surface area contributed by atoms with E-state index in [0.29, 0.717) is 6.42 Å². The Hall–Kier alpha value is -1.12. The van der Waals surface area contributed by atoms with Crippen LogP contribution in [0, 0.1) is 11.3 Å². The molecule has 0 bridgehead atoms. The summed E-state index contributed by atoms with van der Waals surface area (Å²) in [5.74, 6) is -0.963. The zero-order chi connectivity index (χ0) is 10.7. The van der Waals surface area contributed by atoms with Gasteiger partial charge in [-0.05, 0) is 6.42 Å². The number of hydrogen-bond acceptors (Lipinski definition) is 4. The Morgan fingerprint density at radius 1 is 1.79 bits per heavy atom. The van der Waals surface area contributed by atoms with Gasteiger partial charge in [0.05, 0.1) is 18.2 Å². The van der Waals surface area contributed by atoms with Crippen LogP contribution in [0.1, 0.15) is 19.8 Å².